The summed E-state index contributed by atoms with van der Waals surface area (Å²) in [7, 11) is 0. The Kier molecular flexibility index (Phi) is 230. The van der Waals surface area contributed by atoms with Crippen LogP contribution in [-0.4, -0.2) is 27.9 Å². The van der Waals surface area contributed by atoms with Crippen LogP contribution in [0.3, 0.4) is 0 Å². The van der Waals surface area contributed by atoms with Gasteiger partial charge >= 0.3 is 39.9 Å². The molecule has 0 aromatic heterocycles. The molecule has 0 fully saturated rings. The van der Waals surface area contributed by atoms with E-state index in [4.69, 9.17) is 9.90 Å². The van der Waals surface area contributed by atoms with Crippen LogP contribution in [0.25, 0.3) is 0 Å². The van der Waals surface area contributed by atoms with Crippen LogP contribution in [-0.2, 0) is 4.79 Å². The Bertz CT molecular complexity index is 34.0. The molecular weight excluding hydrogens is 277 g/mol. The van der Waals surface area contributed by atoms with Gasteiger partial charge in [-0.3, -0.25) is 0 Å². The molecule has 0 bridgehead atoms. The molecule has 9 heavy (non-hydrogen) atoms. The van der Waals surface area contributed by atoms with E-state index in [9.17, 15) is 0 Å². The van der Waals surface area contributed by atoms with Crippen molar-refractivity contribution in [1.29, 1.82) is 0 Å². The molecule has 0 aliphatic rings. The van der Waals surface area contributed by atoms with Gasteiger partial charge in [-0.2, -0.15) is 0 Å². The van der Waals surface area contributed by atoms with Crippen LogP contribution < -0.4 is 5.11 Å². The zero-order valence-electron chi connectivity index (χ0n) is 4.67. The number of aliphatic carboxylic acids is 1. The topological polar surface area (TPSA) is 166 Å². The molecule has 0 aromatic carbocycles. The smallest absolute Gasteiger partial charge is 0.550 e. The van der Waals surface area contributed by atoms with E-state index in [0.29, 0.717) is 0 Å². The molecule has 6 nitrogen and oxygen atoms in total. The number of hydrogen-bond donors (Lipinski definition) is 0. The second kappa shape index (κ2) is 38.1. The van der Waals surface area contributed by atoms with Crippen molar-refractivity contribution < 1.29 is 71.7 Å². The van der Waals surface area contributed by atoms with E-state index in [1.54, 1.807) is 0 Å². The number of rotatable bonds is 0. The predicted octanol–water partition coefficient (Wildman–Crippen LogP) is -4.54. The molecular formula is C2H11GdO6+2. The normalized spacial score (nSPS) is 2.78. The predicted molar refractivity (Wildman–Crippen MR) is 25.1 cm³/mol. The molecule has 0 atom stereocenters. The second-order valence-corrected chi connectivity index (χ2v) is 0.492. The molecule has 0 aliphatic heterocycles. The number of carboxylic acid groups (broad SMARTS) is 1. The Morgan fingerprint density at radius 2 is 1.11 bits per heavy atom. The maximum atomic E-state index is 8.89. The van der Waals surface area contributed by atoms with Crippen LogP contribution in [0.15, 0.2) is 0 Å². The van der Waals surface area contributed by atoms with Crippen molar-refractivity contribution in [1.82, 2.24) is 0 Å². The van der Waals surface area contributed by atoms with Gasteiger partial charge < -0.3 is 31.8 Å². The van der Waals surface area contributed by atoms with Gasteiger partial charge in [0, 0.05) is 5.97 Å². The third kappa shape index (κ3) is 944. The monoisotopic (exact) mass is 289 g/mol. The minimum atomic E-state index is -1.08. The number of carbonyl (C=O) groups excluding carboxylic acids is 1. The summed E-state index contributed by atoms with van der Waals surface area (Å²) in [6.07, 6.45) is 0. The van der Waals surface area contributed by atoms with E-state index in [1.165, 1.54) is 0 Å². The number of carbonyl (C=O) groups is 1. The van der Waals surface area contributed by atoms with Crippen molar-refractivity contribution in [3.8, 4) is 0 Å². The molecule has 0 spiro atoms. The molecule has 0 saturated heterocycles. The third-order valence-corrected chi connectivity index (χ3v) is 0. The first-order valence-electron chi connectivity index (χ1n) is 0.908. The van der Waals surface area contributed by atoms with Gasteiger partial charge in [-0.1, -0.05) is 0 Å². The van der Waals surface area contributed by atoms with Crippen molar-refractivity contribution in [2.24, 2.45) is 0 Å². The van der Waals surface area contributed by atoms with Crippen molar-refractivity contribution in [2.75, 3.05) is 0 Å². The molecule has 0 aliphatic carbocycles. The van der Waals surface area contributed by atoms with Crippen LogP contribution >= 0.6 is 0 Å². The Morgan fingerprint density at radius 1 is 1.11 bits per heavy atom. The van der Waals surface area contributed by atoms with Gasteiger partial charge in [0.25, 0.3) is 0 Å². The summed E-state index contributed by atoms with van der Waals surface area (Å²) in [5.41, 5.74) is 0. The average Bonchev–Trinajstić information content (AvgIpc) is 0.811. The molecule has 0 saturated carbocycles. The van der Waals surface area contributed by atoms with Gasteiger partial charge in [-0.25, -0.2) is 0 Å². The SMILES string of the molecule is CC(=O)[O-].O.O.O.O.[Gd+3]. The van der Waals surface area contributed by atoms with Gasteiger partial charge in [0.05, 0.1) is 0 Å². The summed E-state index contributed by atoms with van der Waals surface area (Å²) in [5, 5.41) is 8.89. The molecule has 0 aromatic rings. The third-order valence-electron chi connectivity index (χ3n) is 0. The Morgan fingerprint density at radius 3 is 1.11 bits per heavy atom. The van der Waals surface area contributed by atoms with E-state index in [0.717, 1.165) is 6.92 Å². The van der Waals surface area contributed by atoms with Crippen molar-refractivity contribution in [2.45, 2.75) is 6.92 Å². The summed E-state index contributed by atoms with van der Waals surface area (Å²) >= 11 is 0. The Labute approximate surface area is 84.2 Å². The van der Waals surface area contributed by atoms with Crippen molar-refractivity contribution >= 4 is 5.97 Å². The fourth-order valence-electron chi connectivity index (χ4n) is 0. The number of hydrogen-bond acceptors (Lipinski definition) is 2. The minimum absolute atomic E-state index is 0. The summed E-state index contributed by atoms with van der Waals surface area (Å²) in [4.78, 5) is 8.89. The molecule has 61 valence electrons. The van der Waals surface area contributed by atoms with Gasteiger partial charge in [0.15, 0.2) is 0 Å². The Hall–Kier alpha value is 0.635. The van der Waals surface area contributed by atoms with Crippen molar-refractivity contribution in [3.05, 3.63) is 0 Å². The van der Waals surface area contributed by atoms with Crippen LogP contribution in [0.2, 0.25) is 0 Å². The van der Waals surface area contributed by atoms with Gasteiger partial charge in [-0.05, 0) is 6.92 Å². The van der Waals surface area contributed by atoms with E-state index in [-0.39, 0.29) is 61.8 Å². The minimum Gasteiger partial charge on any atom is -0.550 e. The first-order chi connectivity index (χ1) is 1.73. The average molecular weight is 288 g/mol. The second-order valence-electron chi connectivity index (χ2n) is 0.492. The number of carboxylic acids is 1. The van der Waals surface area contributed by atoms with E-state index in [1.807, 2.05) is 0 Å². The molecule has 1 radical (unpaired) electrons. The fourth-order valence-corrected chi connectivity index (χ4v) is 0. The van der Waals surface area contributed by atoms with Gasteiger partial charge in [0.2, 0.25) is 0 Å². The maximum Gasteiger partial charge on any atom is 3.00 e. The van der Waals surface area contributed by atoms with E-state index >= 15 is 0 Å². The first-order valence-corrected chi connectivity index (χ1v) is 0.908. The summed E-state index contributed by atoms with van der Waals surface area (Å²) in [6.45, 7) is 0.972. The van der Waals surface area contributed by atoms with Gasteiger partial charge in [-0.15, -0.1) is 0 Å². The van der Waals surface area contributed by atoms with Crippen LogP contribution in [0.1, 0.15) is 6.92 Å². The largest absolute Gasteiger partial charge is 3.00 e. The molecule has 0 rings (SSSR count). The molecule has 7 heteroatoms. The van der Waals surface area contributed by atoms with Crippen LogP contribution in [0.4, 0.5) is 0 Å². The first kappa shape index (κ1) is 54.4. The molecule has 8 N–H and O–H groups in total. The summed E-state index contributed by atoms with van der Waals surface area (Å²) < 4.78 is 0. The summed E-state index contributed by atoms with van der Waals surface area (Å²) in [6, 6.07) is 0. The molecule has 0 heterocycles. The Balaban J connectivity index is -0.00000000450. The van der Waals surface area contributed by atoms with Gasteiger partial charge in [0.1, 0.15) is 0 Å². The maximum absolute atomic E-state index is 8.89. The quantitative estimate of drug-likeness (QED) is 0.438. The van der Waals surface area contributed by atoms with E-state index in [2.05, 4.69) is 0 Å². The summed E-state index contributed by atoms with van der Waals surface area (Å²) in [5.74, 6) is -1.08. The zero-order valence-corrected chi connectivity index (χ0v) is 6.94. The fraction of sp³-hybridized carbons (Fsp3) is 0.500. The zero-order chi connectivity index (χ0) is 3.58. The van der Waals surface area contributed by atoms with Crippen LogP contribution in [0.5, 0.6) is 0 Å². The van der Waals surface area contributed by atoms with Crippen molar-refractivity contribution in [3.63, 3.8) is 0 Å². The van der Waals surface area contributed by atoms with E-state index < -0.39 is 5.97 Å². The van der Waals surface area contributed by atoms with Crippen LogP contribution in [0, 0.1) is 39.9 Å². The molecule has 0 amide bonds. The molecule has 0 unspecified atom stereocenters. The standard InChI is InChI=1S/C2H4O2.Gd.4H2O/c1-2(3)4;;;;;/h1H3,(H,3,4);;4*1H2/q;+3;;;;/p-1.